The van der Waals surface area contributed by atoms with Gasteiger partial charge in [0.25, 0.3) is 0 Å². The maximum absolute atomic E-state index is 10.7. The van der Waals surface area contributed by atoms with Gasteiger partial charge in [0.05, 0.1) is 0 Å². The van der Waals surface area contributed by atoms with Crippen LogP contribution in [0.3, 0.4) is 0 Å². The summed E-state index contributed by atoms with van der Waals surface area (Å²) in [5.41, 5.74) is -1.73. The second kappa shape index (κ2) is 3.36. The highest BCUT2D eigenvalue weighted by molar-refractivity contribution is 6.31. The summed E-state index contributed by atoms with van der Waals surface area (Å²) < 4.78 is 0. The first-order valence-corrected chi connectivity index (χ1v) is 4.05. The molecule has 0 aliphatic rings. The van der Waals surface area contributed by atoms with E-state index in [9.17, 15) is 9.90 Å². The van der Waals surface area contributed by atoms with Crippen LogP contribution >= 0.6 is 11.6 Å². The van der Waals surface area contributed by atoms with Gasteiger partial charge in [0.2, 0.25) is 0 Å². The van der Waals surface area contributed by atoms with Crippen LogP contribution in [0, 0.1) is 0 Å². The van der Waals surface area contributed by atoms with Gasteiger partial charge in [0, 0.05) is 10.6 Å². The van der Waals surface area contributed by atoms with Crippen molar-refractivity contribution < 1.29 is 15.0 Å². The maximum Gasteiger partial charge on any atom is 0.340 e. The molecule has 1 aromatic rings. The number of aliphatic carboxylic acids is 1. The van der Waals surface area contributed by atoms with E-state index in [1.165, 1.54) is 19.1 Å². The van der Waals surface area contributed by atoms with E-state index in [0.717, 1.165) is 0 Å². The van der Waals surface area contributed by atoms with Gasteiger partial charge in [-0.1, -0.05) is 29.8 Å². The van der Waals surface area contributed by atoms with E-state index in [2.05, 4.69) is 0 Å². The molecule has 1 rings (SSSR count). The number of halogens is 1. The Morgan fingerprint density at radius 3 is 2.46 bits per heavy atom. The van der Waals surface area contributed by atoms with Gasteiger partial charge in [0.15, 0.2) is 5.60 Å². The molecule has 0 spiro atoms. The molecule has 3 nitrogen and oxygen atoms in total. The monoisotopic (exact) mass is 200 g/mol. The minimum Gasteiger partial charge on any atom is -0.479 e. The molecule has 0 saturated carbocycles. The summed E-state index contributed by atoms with van der Waals surface area (Å²) in [7, 11) is 0. The van der Waals surface area contributed by atoms with Crippen molar-refractivity contribution in [2.75, 3.05) is 0 Å². The number of aliphatic hydroxyl groups is 1. The summed E-state index contributed by atoms with van der Waals surface area (Å²) in [5.74, 6) is -1.32. The van der Waals surface area contributed by atoms with Crippen molar-refractivity contribution in [1.29, 1.82) is 0 Å². The number of carboxylic acids is 1. The molecule has 13 heavy (non-hydrogen) atoms. The van der Waals surface area contributed by atoms with Crippen molar-refractivity contribution in [1.82, 2.24) is 0 Å². The number of carbonyl (C=O) groups is 1. The van der Waals surface area contributed by atoms with Gasteiger partial charge in [-0.2, -0.15) is 0 Å². The standard InChI is InChI=1S/C9H9ClO3/c1-9(13,8(11)12)6-4-2-3-5-7(6)10/h2-5,13H,1H3,(H,11,12)/t9-/m0/s1. The number of carboxylic acid groups (broad SMARTS) is 1. The average molecular weight is 201 g/mol. The van der Waals surface area contributed by atoms with Crippen molar-refractivity contribution in [3.63, 3.8) is 0 Å². The fraction of sp³-hybridized carbons (Fsp3) is 0.222. The van der Waals surface area contributed by atoms with Gasteiger partial charge in [-0.25, -0.2) is 4.79 Å². The van der Waals surface area contributed by atoms with Crippen LogP contribution < -0.4 is 0 Å². The van der Waals surface area contributed by atoms with E-state index in [-0.39, 0.29) is 10.6 Å². The van der Waals surface area contributed by atoms with Crippen LogP contribution in [-0.4, -0.2) is 16.2 Å². The largest absolute Gasteiger partial charge is 0.479 e. The van der Waals surface area contributed by atoms with E-state index in [4.69, 9.17) is 16.7 Å². The Kier molecular flexibility index (Phi) is 2.59. The van der Waals surface area contributed by atoms with Crippen LogP contribution in [0.4, 0.5) is 0 Å². The zero-order chi connectivity index (χ0) is 10.1. The van der Waals surface area contributed by atoms with Gasteiger partial charge in [-0.05, 0) is 13.0 Å². The van der Waals surface area contributed by atoms with E-state index < -0.39 is 11.6 Å². The highest BCUT2D eigenvalue weighted by Crippen LogP contribution is 2.27. The first-order chi connectivity index (χ1) is 5.96. The predicted octanol–water partition coefficient (Wildman–Crippen LogP) is 1.63. The second-order valence-electron chi connectivity index (χ2n) is 2.86. The normalized spacial score (nSPS) is 15.0. The highest BCUT2D eigenvalue weighted by Gasteiger charge is 2.33. The quantitative estimate of drug-likeness (QED) is 0.763. The SMILES string of the molecule is C[C@@](O)(C(=O)O)c1ccccc1Cl. The summed E-state index contributed by atoms with van der Waals surface area (Å²) >= 11 is 5.73. The summed E-state index contributed by atoms with van der Waals surface area (Å²) in [6.07, 6.45) is 0. The summed E-state index contributed by atoms with van der Waals surface area (Å²) in [6, 6.07) is 6.31. The zero-order valence-corrected chi connectivity index (χ0v) is 7.75. The lowest BCUT2D eigenvalue weighted by Crippen LogP contribution is -2.32. The van der Waals surface area contributed by atoms with Crippen molar-refractivity contribution in [3.05, 3.63) is 34.9 Å². The average Bonchev–Trinajstić information content (AvgIpc) is 2.04. The molecule has 0 fully saturated rings. The van der Waals surface area contributed by atoms with E-state index in [1.807, 2.05) is 0 Å². The van der Waals surface area contributed by atoms with Crippen LogP contribution in [0.2, 0.25) is 5.02 Å². The lowest BCUT2D eigenvalue weighted by molar-refractivity contribution is -0.157. The van der Waals surface area contributed by atoms with Crippen LogP contribution in [0.5, 0.6) is 0 Å². The third-order valence-electron chi connectivity index (χ3n) is 1.81. The maximum atomic E-state index is 10.7. The lowest BCUT2D eigenvalue weighted by Gasteiger charge is -2.19. The molecule has 0 bridgehead atoms. The van der Waals surface area contributed by atoms with Gasteiger partial charge in [0.1, 0.15) is 0 Å². The Labute approximate surface area is 80.6 Å². The highest BCUT2D eigenvalue weighted by atomic mass is 35.5. The molecule has 4 heteroatoms. The van der Waals surface area contributed by atoms with Crippen molar-refractivity contribution in [2.24, 2.45) is 0 Å². The molecular weight excluding hydrogens is 192 g/mol. The minimum atomic E-state index is -1.93. The topological polar surface area (TPSA) is 57.5 Å². The van der Waals surface area contributed by atoms with Crippen LogP contribution in [0.15, 0.2) is 24.3 Å². The van der Waals surface area contributed by atoms with Gasteiger partial charge < -0.3 is 10.2 Å². The predicted molar refractivity (Wildman–Crippen MR) is 48.7 cm³/mol. The molecule has 0 heterocycles. The Morgan fingerprint density at radius 1 is 1.46 bits per heavy atom. The van der Waals surface area contributed by atoms with Crippen LogP contribution in [-0.2, 0) is 10.4 Å². The fourth-order valence-corrected chi connectivity index (χ4v) is 1.29. The summed E-state index contributed by atoms with van der Waals surface area (Å²) in [4.78, 5) is 10.7. The zero-order valence-electron chi connectivity index (χ0n) is 6.99. The molecule has 0 amide bonds. The van der Waals surface area contributed by atoms with Crippen molar-refractivity contribution in [3.8, 4) is 0 Å². The molecule has 0 radical (unpaired) electrons. The molecule has 2 N–H and O–H groups in total. The van der Waals surface area contributed by atoms with E-state index >= 15 is 0 Å². The lowest BCUT2D eigenvalue weighted by atomic mass is 9.96. The van der Waals surface area contributed by atoms with E-state index in [0.29, 0.717) is 0 Å². The Morgan fingerprint density at radius 2 is 2.00 bits per heavy atom. The van der Waals surface area contributed by atoms with Crippen molar-refractivity contribution in [2.45, 2.75) is 12.5 Å². The fourth-order valence-electron chi connectivity index (χ4n) is 0.971. The number of hydrogen-bond acceptors (Lipinski definition) is 2. The molecule has 0 aromatic heterocycles. The molecule has 0 unspecified atom stereocenters. The smallest absolute Gasteiger partial charge is 0.340 e. The Hall–Kier alpha value is -1.06. The van der Waals surface area contributed by atoms with Crippen molar-refractivity contribution >= 4 is 17.6 Å². The molecule has 1 atom stereocenters. The summed E-state index contributed by atoms with van der Waals surface area (Å²) in [5, 5.41) is 18.5. The molecule has 70 valence electrons. The Bertz CT molecular complexity index is 333. The molecular formula is C9H9ClO3. The first-order valence-electron chi connectivity index (χ1n) is 3.67. The van der Waals surface area contributed by atoms with Crippen LogP contribution in [0.1, 0.15) is 12.5 Å². The molecule has 0 aliphatic carbocycles. The minimum absolute atomic E-state index is 0.198. The van der Waals surface area contributed by atoms with Gasteiger partial charge in [-0.15, -0.1) is 0 Å². The van der Waals surface area contributed by atoms with Crippen LogP contribution in [0.25, 0.3) is 0 Å². The molecule has 1 aromatic carbocycles. The summed E-state index contributed by atoms with van der Waals surface area (Å²) in [6.45, 7) is 1.19. The molecule has 0 aliphatic heterocycles. The Balaban J connectivity index is 3.22. The third kappa shape index (κ3) is 1.82. The first kappa shape index (κ1) is 10.0. The molecule has 0 saturated heterocycles. The number of hydrogen-bond donors (Lipinski definition) is 2. The number of rotatable bonds is 2. The second-order valence-corrected chi connectivity index (χ2v) is 3.26. The number of benzene rings is 1. The third-order valence-corrected chi connectivity index (χ3v) is 2.14. The van der Waals surface area contributed by atoms with Gasteiger partial charge >= 0.3 is 5.97 Å². The van der Waals surface area contributed by atoms with Gasteiger partial charge in [-0.3, -0.25) is 0 Å². The van der Waals surface area contributed by atoms with E-state index in [1.54, 1.807) is 12.1 Å².